The molecule has 1 aliphatic heterocycles. The summed E-state index contributed by atoms with van der Waals surface area (Å²) in [7, 11) is -3.25. The summed E-state index contributed by atoms with van der Waals surface area (Å²) in [5, 5.41) is 20.9. The molecule has 1 aliphatic rings. The van der Waals surface area contributed by atoms with Gasteiger partial charge in [0, 0.05) is 43.2 Å². The molecule has 1 aromatic carbocycles. The predicted molar refractivity (Wildman–Crippen MR) is 106 cm³/mol. The van der Waals surface area contributed by atoms with Crippen molar-refractivity contribution in [2.45, 2.75) is 25.8 Å². The fourth-order valence-corrected chi connectivity index (χ4v) is 4.94. The van der Waals surface area contributed by atoms with Crippen LogP contribution in [0.15, 0.2) is 24.3 Å². The topological polar surface area (TPSA) is 120 Å². The summed E-state index contributed by atoms with van der Waals surface area (Å²) < 4.78 is 25.4. The number of benzene rings is 1. The van der Waals surface area contributed by atoms with Gasteiger partial charge in [-0.15, -0.1) is 0 Å². The first-order valence-electron chi connectivity index (χ1n) is 8.95. The molecule has 1 fully saturated rings. The summed E-state index contributed by atoms with van der Waals surface area (Å²) in [6.07, 6.45) is 2.57. The van der Waals surface area contributed by atoms with E-state index in [1.54, 1.807) is 12.1 Å². The zero-order valence-electron chi connectivity index (χ0n) is 15.7. The average molecular weight is 403 g/mol. The molecule has 28 heavy (non-hydrogen) atoms. The largest absolute Gasteiger partial charge is 0.356 e. The van der Waals surface area contributed by atoms with E-state index in [1.807, 2.05) is 11.8 Å². The van der Waals surface area contributed by atoms with Gasteiger partial charge in [0.15, 0.2) is 0 Å². The number of non-ortho nitro benzene ring substituents is 1. The van der Waals surface area contributed by atoms with Crippen LogP contribution in [0.3, 0.4) is 0 Å². The molecule has 0 radical (unpaired) electrons. The van der Waals surface area contributed by atoms with E-state index >= 15 is 0 Å². The molecule has 2 heterocycles. The summed E-state index contributed by atoms with van der Waals surface area (Å²) in [4.78, 5) is 17.1. The molecule has 1 aromatic heterocycles. The van der Waals surface area contributed by atoms with E-state index in [0.29, 0.717) is 54.8 Å². The summed E-state index contributed by atoms with van der Waals surface area (Å²) in [6, 6.07) is 7.97. The maximum Gasteiger partial charge on any atom is 0.270 e. The quantitative estimate of drug-likeness (QED) is 0.554. The van der Waals surface area contributed by atoms with Crippen molar-refractivity contribution in [1.82, 2.24) is 9.29 Å². The van der Waals surface area contributed by atoms with Crippen LogP contribution in [0, 0.1) is 21.4 Å². The van der Waals surface area contributed by atoms with E-state index in [2.05, 4.69) is 11.1 Å². The van der Waals surface area contributed by atoms with Gasteiger partial charge < -0.3 is 4.90 Å². The molecule has 148 valence electrons. The Hall–Kier alpha value is -2.77. The molecular weight excluding hydrogens is 382 g/mol. The predicted octanol–water partition coefficient (Wildman–Crippen LogP) is 2.26. The van der Waals surface area contributed by atoms with Crippen molar-refractivity contribution in [1.29, 1.82) is 5.26 Å². The van der Waals surface area contributed by atoms with Gasteiger partial charge in [0.2, 0.25) is 10.0 Å². The monoisotopic (exact) mass is 403 g/mol. The fourth-order valence-electron chi connectivity index (χ4n) is 3.71. The second kappa shape index (κ2) is 7.69. The molecule has 0 saturated carbocycles. The maximum absolute atomic E-state index is 11.9. The molecule has 0 spiro atoms. The normalized spacial score (nSPS) is 15.7. The minimum absolute atomic E-state index is 0.0465. The van der Waals surface area contributed by atoms with Crippen LogP contribution < -0.4 is 4.90 Å². The molecule has 0 amide bonds. The summed E-state index contributed by atoms with van der Waals surface area (Å²) >= 11 is 0. The van der Waals surface area contributed by atoms with Gasteiger partial charge in [0.25, 0.3) is 5.69 Å². The number of fused-ring (bicyclic) bond motifs is 1. The average Bonchev–Trinajstić information content (AvgIpc) is 2.66. The van der Waals surface area contributed by atoms with Gasteiger partial charge in [-0.05, 0) is 25.0 Å². The number of aromatic nitrogens is 1. The van der Waals surface area contributed by atoms with Crippen LogP contribution in [0.25, 0.3) is 10.9 Å². The number of nitrogens with zero attached hydrogens (tertiary/aromatic N) is 5. The number of hydrogen-bond donors (Lipinski definition) is 0. The van der Waals surface area contributed by atoms with Crippen LogP contribution in [0.2, 0.25) is 0 Å². The van der Waals surface area contributed by atoms with Crippen molar-refractivity contribution in [3.05, 3.63) is 39.9 Å². The lowest BCUT2D eigenvalue weighted by molar-refractivity contribution is -0.384. The molecule has 0 bridgehead atoms. The third kappa shape index (κ3) is 3.90. The number of hydrogen-bond acceptors (Lipinski definition) is 7. The SMILES string of the molecule is CCN(C1CCN(c2cc(C#N)c3cc([N+](=O)[O-])ccc3n2)CC1)S(C)(=O)=O. The minimum atomic E-state index is -3.25. The van der Waals surface area contributed by atoms with Crippen molar-refractivity contribution < 1.29 is 13.3 Å². The molecule has 0 N–H and O–H groups in total. The highest BCUT2D eigenvalue weighted by molar-refractivity contribution is 7.88. The van der Waals surface area contributed by atoms with Gasteiger partial charge in [-0.1, -0.05) is 6.92 Å². The van der Waals surface area contributed by atoms with Gasteiger partial charge in [-0.25, -0.2) is 13.4 Å². The second-order valence-corrected chi connectivity index (χ2v) is 8.72. The molecule has 1 saturated heterocycles. The lowest BCUT2D eigenvalue weighted by Gasteiger charge is -2.37. The molecule has 0 atom stereocenters. The fraction of sp³-hybridized carbons (Fsp3) is 0.444. The number of rotatable bonds is 5. The van der Waals surface area contributed by atoms with Crippen molar-refractivity contribution in [2.75, 3.05) is 30.8 Å². The highest BCUT2D eigenvalue weighted by Gasteiger charge is 2.29. The van der Waals surface area contributed by atoms with E-state index in [0.717, 1.165) is 0 Å². The molecule has 0 aliphatic carbocycles. The Bertz CT molecular complexity index is 1060. The standard InChI is InChI=1S/C18H21N5O4S/c1-3-22(28(2,26)27)14-6-8-21(9-7-14)18-10-13(12-19)16-11-15(23(24)25)4-5-17(16)20-18/h4-5,10-11,14H,3,6-9H2,1-2H3. The Labute approximate surface area is 163 Å². The van der Waals surface area contributed by atoms with E-state index < -0.39 is 14.9 Å². The first kappa shape index (κ1) is 20.0. The van der Waals surface area contributed by atoms with Crippen molar-refractivity contribution in [3.8, 4) is 6.07 Å². The highest BCUT2D eigenvalue weighted by Crippen LogP contribution is 2.28. The molecular formula is C18H21N5O4S. The number of piperidine rings is 1. The number of anilines is 1. The van der Waals surface area contributed by atoms with Crippen molar-refractivity contribution >= 4 is 32.4 Å². The van der Waals surface area contributed by atoms with E-state index in [-0.39, 0.29) is 11.7 Å². The van der Waals surface area contributed by atoms with E-state index in [4.69, 9.17) is 0 Å². The third-order valence-electron chi connectivity index (χ3n) is 5.04. The van der Waals surface area contributed by atoms with Crippen LogP contribution in [-0.4, -0.2) is 54.6 Å². The zero-order chi connectivity index (χ0) is 20.5. The molecule has 10 heteroatoms. The zero-order valence-corrected chi connectivity index (χ0v) is 16.5. The van der Waals surface area contributed by atoms with Crippen LogP contribution in [0.4, 0.5) is 11.5 Å². The van der Waals surface area contributed by atoms with E-state index in [1.165, 1.54) is 22.7 Å². The Kier molecular flexibility index (Phi) is 5.49. The maximum atomic E-state index is 11.9. The molecule has 3 rings (SSSR count). The number of nitriles is 1. The highest BCUT2D eigenvalue weighted by atomic mass is 32.2. The summed E-state index contributed by atoms with van der Waals surface area (Å²) in [5.74, 6) is 0.624. The van der Waals surface area contributed by atoms with Gasteiger partial charge in [-0.2, -0.15) is 9.57 Å². The first-order chi connectivity index (χ1) is 13.2. The van der Waals surface area contributed by atoms with Gasteiger partial charge in [0.1, 0.15) is 5.82 Å². The van der Waals surface area contributed by atoms with Gasteiger partial charge in [0.05, 0.1) is 28.3 Å². The van der Waals surface area contributed by atoms with E-state index in [9.17, 15) is 23.8 Å². The van der Waals surface area contributed by atoms with Crippen LogP contribution >= 0.6 is 0 Å². The first-order valence-corrected chi connectivity index (χ1v) is 10.8. The Morgan fingerprint density at radius 3 is 2.57 bits per heavy atom. The summed E-state index contributed by atoms with van der Waals surface area (Å²) in [6.45, 7) is 3.51. The number of sulfonamides is 1. The lowest BCUT2D eigenvalue weighted by atomic mass is 10.0. The number of nitro benzene ring substituents is 1. The molecule has 0 unspecified atom stereocenters. The number of nitro groups is 1. The van der Waals surface area contributed by atoms with Crippen molar-refractivity contribution in [2.24, 2.45) is 0 Å². The Morgan fingerprint density at radius 1 is 1.36 bits per heavy atom. The Balaban J connectivity index is 1.86. The van der Waals surface area contributed by atoms with Crippen LogP contribution in [-0.2, 0) is 10.0 Å². The minimum Gasteiger partial charge on any atom is -0.356 e. The smallest absolute Gasteiger partial charge is 0.270 e. The van der Waals surface area contributed by atoms with Gasteiger partial charge >= 0.3 is 0 Å². The van der Waals surface area contributed by atoms with Gasteiger partial charge in [-0.3, -0.25) is 10.1 Å². The molecule has 9 nitrogen and oxygen atoms in total. The summed E-state index contributed by atoms with van der Waals surface area (Å²) in [5.41, 5.74) is 0.769. The van der Waals surface area contributed by atoms with Crippen LogP contribution in [0.5, 0.6) is 0 Å². The Morgan fingerprint density at radius 2 is 2.04 bits per heavy atom. The number of pyridine rings is 1. The molecule has 2 aromatic rings. The second-order valence-electron chi connectivity index (χ2n) is 6.78. The van der Waals surface area contributed by atoms with Crippen LogP contribution in [0.1, 0.15) is 25.3 Å². The van der Waals surface area contributed by atoms with Crippen molar-refractivity contribution in [3.63, 3.8) is 0 Å². The lowest BCUT2D eigenvalue weighted by Crippen LogP contribution is -2.47. The third-order valence-corrected chi connectivity index (χ3v) is 6.45.